The van der Waals surface area contributed by atoms with Gasteiger partial charge in [-0.15, -0.1) is 0 Å². The second-order valence-electron chi connectivity index (χ2n) is 3.71. The SMILES string of the molecule is Nc1cccc(CC(=O)Sc2ccccc2)c1. The molecule has 0 aliphatic heterocycles. The molecule has 2 aromatic carbocycles. The highest BCUT2D eigenvalue weighted by molar-refractivity contribution is 8.13. The summed E-state index contributed by atoms with van der Waals surface area (Å²) in [5.41, 5.74) is 7.32. The van der Waals surface area contributed by atoms with Gasteiger partial charge in [-0.2, -0.15) is 0 Å². The van der Waals surface area contributed by atoms with Crippen molar-refractivity contribution in [3.05, 3.63) is 60.2 Å². The fourth-order valence-corrected chi connectivity index (χ4v) is 2.32. The van der Waals surface area contributed by atoms with Crippen LogP contribution < -0.4 is 5.73 Å². The van der Waals surface area contributed by atoms with Gasteiger partial charge in [-0.3, -0.25) is 4.79 Å². The predicted molar refractivity (Wildman–Crippen MR) is 71.9 cm³/mol. The van der Waals surface area contributed by atoms with Gasteiger partial charge in [0, 0.05) is 17.0 Å². The first kappa shape index (κ1) is 11.7. The zero-order valence-corrected chi connectivity index (χ0v) is 10.1. The van der Waals surface area contributed by atoms with Crippen molar-refractivity contribution < 1.29 is 4.79 Å². The first-order valence-electron chi connectivity index (χ1n) is 5.34. The van der Waals surface area contributed by atoms with E-state index in [0.29, 0.717) is 12.1 Å². The summed E-state index contributed by atoms with van der Waals surface area (Å²) in [6.45, 7) is 0. The smallest absolute Gasteiger partial charge is 0.198 e. The standard InChI is InChI=1S/C14H13NOS/c15-12-6-4-5-11(9-12)10-14(16)17-13-7-2-1-3-8-13/h1-9H,10,15H2. The lowest BCUT2D eigenvalue weighted by molar-refractivity contribution is -0.110. The molecule has 0 saturated carbocycles. The Hall–Kier alpha value is -1.74. The Balaban J connectivity index is 1.98. The van der Waals surface area contributed by atoms with E-state index in [1.807, 2.05) is 54.6 Å². The van der Waals surface area contributed by atoms with E-state index in [2.05, 4.69) is 0 Å². The van der Waals surface area contributed by atoms with Crippen molar-refractivity contribution in [3.8, 4) is 0 Å². The predicted octanol–water partition coefficient (Wildman–Crippen LogP) is 3.13. The van der Waals surface area contributed by atoms with Crippen molar-refractivity contribution in [3.63, 3.8) is 0 Å². The molecule has 0 amide bonds. The van der Waals surface area contributed by atoms with E-state index < -0.39 is 0 Å². The van der Waals surface area contributed by atoms with E-state index in [0.717, 1.165) is 10.5 Å². The zero-order chi connectivity index (χ0) is 12.1. The highest BCUT2D eigenvalue weighted by Gasteiger charge is 2.05. The lowest BCUT2D eigenvalue weighted by Gasteiger charge is -2.02. The van der Waals surface area contributed by atoms with Crippen LogP contribution in [0.1, 0.15) is 5.56 Å². The maximum atomic E-state index is 11.8. The van der Waals surface area contributed by atoms with Gasteiger partial charge in [0.05, 0.1) is 0 Å². The molecule has 3 heteroatoms. The van der Waals surface area contributed by atoms with Crippen LogP contribution in [0.5, 0.6) is 0 Å². The summed E-state index contributed by atoms with van der Waals surface area (Å²) >= 11 is 1.26. The van der Waals surface area contributed by atoms with Crippen LogP contribution in [0, 0.1) is 0 Å². The summed E-state index contributed by atoms with van der Waals surface area (Å²) in [4.78, 5) is 12.8. The molecule has 0 radical (unpaired) electrons. The van der Waals surface area contributed by atoms with Crippen LogP contribution in [0.2, 0.25) is 0 Å². The second kappa shape index (κ2) is 5.55. The summed E-state index contributed by atoms with van der Waals surface area (Å²) in [5, 5.41) is 0.127. The average molecular weight is 243 g/mol. The molecule has 0 spiro atoms. The minimum Gasteiger partial charge on any atom is -0.399 e. The molecule has 2 nitrogen and oxygen atoms in total. The lowest BCUT2D eigenvalue weighted by Crippen LogP contribution is -1.98. The first-order valence-corrected chi connectivity index (χ1v) is 6.16. The third kappa shape index (κ3) is 3.64. The van der Waals surface area contributed by atoms with Gasteiger partial charge in [-0.05, 0) is 29.8 Å². The topological polar surface area (TPSA) is 43.1 Å². The fourth-order valence-electron chi connectivity index (χ4n) is 1.53. The van der Waals surface area contributed by atoms with E-state index in [1.165, 1.54) is 11.8 Å². The Morgan fingerprint density at radius 3 is 2.53 bits per heavy atom. The largest absolute Gasteiger partial charge is 0.399 e. The number of benzene rings is 2. The van der Waals surface area contributed by atoms with Gasteiger partial charge in [0.25, 0.3) is 0 Å². The Labute approximate surface area is 105 Å². The Bertz CT molecular complexity index is 511. The molecule has 0 unspecified atom stereocenters. The molecule has 86 valence electrons. The van der Waals surface area contributed by atoms with Crippen molar-refractivity contribution in [2.75, 3.05) is 5.73 Å². The van der Waals surface area contributed by atoms with Crippen LogP contribution in [0.15, 0.2) is 59.5 Å². The Kier molecular flexibility index (Phi) is 3.83. The average Bonchev–Trinajstić information content (AvgIpc) is 2.30. The first-order chi connectivity index (χ1) is 8.24. The molecule has 0 aromatic heterocycles. The van der Waals surface area contributed by atoms with Gasteiger partial charge in [-0.25, -0.2) is 0 Å². The Morgan fingerprint density at radius 2 is 1.82 bits per heavy atom. The highest BCUT2D eigenvalue weighted by Crippen LogP contribution is 2.20. The Morgan fingerprint density at radius 1 is 1.06 bits per heavy atom. The molecule has 17 heavy (non-hydrogen) atoms. The second-order valence-corrected chi connectivity index (χ2v) is 4.84. The molecular formula is C14H13NOS. The minimum atomic E-state index is 0.127. The zero-order valence-electron chi connectivity index (χ0n) is 9.30. The number of thioether (sulfide) groups is 1. The molecule has 0 aliphatic rings. The molecule has 0 atom stereocenters. The van der Waals surface area contributed by atoms with Crippen LogP contribution in [0.25, 0.3) is 0 Å². The van der Waals surface area contributed by atoms with E-state index in [4.69, 9.17) is 5.73 Å². The van der Waals surface area contributed by atoms with E-state index >= 15 is 0 Å². The van der Waals surface area contributed by atoms with Crippen LogP contribution in [0.4, 0.5) is 5.69 Å². The van der Waals surface area contributed by atoms with Crippen LogP contribution in [-0.4, -0.2) is 5.12 Å². The van der Waals surface area contributed by atoms with Crippen LogP contribution >= 0.6 is 11.8 Å². The van der Waals surface area contributed by atoms with Crippen molar-refractivity contribution in [2.24, 2.45) is 0 Å². The number of rotatable bonds is 3. The molecule has 2 aromatic rings. The molecule has 0 aliphatic carbocycles. The molecule has 2 rings (SSSR count). The van der Waals surface area contributed by atoms with Crippen molar-refractivity contribution in [1.29, 1.82) is 0 Å². The summed E-state index contributed by atoms with van der Waals surface area (Å²) in [6, 6.07) is 17.1. The highest BCUT2D eigenvalue weighted by atomic mass is 32.2. The van der Waals surface area contributed by atoms with E-state index in [1.54, 1.807) is 0 Å². The third-order valence-corrected chi connectivity index (χ3v) is 3.15. The quantitative estimate of drug-likeness (QED) is 0.665. The van der Waals surface area contributed by atoms with E-state index in [-0.39, 0.29) is 5.12 Å². The summed E-state index contributed by atoms with van der Waals surface area (Å²) in [6.07, 6.45) is 0.407. The maximum absolute atomic E-state index is 11.8. The monoisotopic (exact) mass is 243 g/mol. The summed E-state index contributed by atoms with van der Waals surface area (Å²) in [5.74, 6) is 0. The van der Waals surface area contributed by atoms with Crippen LogP contribution in [0.3, 0.4) is 0 Å². The fraction of sp³-hybridized carbons (Fsp3) is 0.0714. The van der Waals surface area contributed by atoms with Crippen molar-refractivity contribution in [1.82, 2.24) is 0 Å². The van der Waals surface area contributed by atoms with Crippen LogP contribution in [-0.2, 0) is 11.2 Å². The summed E-state index contributed by atoms with van der Waals surface area (Å²) < 4.78 is 0. The van der Waals surface area contributed by atoms with Gasteiger partial charge in [0.15, 0.2) is 5.12 Å². The van der Waals surface area contributed by atoms with Gasteiger partial charge in [-0.1, -0.05) is 42.1 Å². The molecule has 0 fully saturated rings. The molecule has 0 saturated heterocycles. The number of carbonyl (C=O) groups excluding carboxylic acids is 1. The number of carbonyl (C=O) groups is 1. The molecule has 0 heterocycles. The molecule has 0 bridgehead atoms. The number of hydrogen-bond acceptors (Lipinski definition) is 3. The minimum absolute atomic E-state index is 0.127. The number of anilines is 1. The molecular weight excluding hydrogens is 230 g/mol. The van der Waals surface area contributed by atoms with Gasteiger partial charge >= 0.3 is 0 Å². The third-order valence-electron chi connectivity index (χ3n) is 2.27. The van der Waals surface area contributed by atoms with Crippen molar-refractivity contribution >= 4 is 22.6 Å². The van der Waals surface area contributed by atoms with Crippen molar-refractivity contribution in [2.45, 2.75) is 11.3 Å². The molecule has 2 N–H and O–H groups in total. The summed E-state index contributed by atoms with van der Waals surface area (Å²) in [7, 11) is 0. The maximum Gasteiger partial charge on any atom is 0.198 e. The number of nitrogen functional groups attached to an aromatic ring is 1. The van der Waals surface area contributed by atoms with Gasteiger partial charge in [0.1, 0.15) is 0 Å². The van der Waals surface area contributed by atoms with Gasteiger partial charge in [0.2, 0.25) is 0 Å². The van der Waals surface area contributed by atoms with Gasteiger partial charge < -0.3 is 5.73 Å². The lowest BCUT2D eigenvalue weighted by atomic mass is 10.1. The number of nitrogens with two attached hydrogens (primary N) is 1. The number of hydrogen-bond donors (Lipinski definition) is 1. The normalized spacial score (nSPS) is 10.1. The van der Waals surface area contributed by atoms with E-state index in [9.17, 15) is 4.79 Å².